The Morgan fingerprint density at radius 2 is 2.00 bits per heavy atom. The minimum Gasteiger partial charge on any atom is -0.384 e. The fourth-order valence-electron chi connectivity index (χ4n) is 1.85. The summed E-state index contributed by atoms with van der Waals surface area (Å²) in [5.41, 5.74) is 2.25. The largest absolute Gasteiger partial charge is 0.384 e. The van der Waals surface area contributed by atoms with Crippen LogP contribution < -0.4 is 5.32 Å². The van der Waals surface area contributed by atoms with Crippen LogP contribution in [0.2, 0.25) is 0 Å². The molecule has 3 nitrogen and oxygen atoms in total. The van der Waals surface area contributed by atoms with E-state index in [1.165, 1.54) is 0 Å². The third kappa shape index (κ3) is 4.11. The van der Waals surface area contributed by atoms with Gasteiger partial charge in [0.05, 0.1) is 0 Å². The number of aliphatic hydroxyl groups excluding tert-OH is 1. The first kappa shape index (κ1) is 16.3. The van der Waals surface area contributed by atoms with Crippen molar-refractivity contribution in [2.75, 3.05) is 6.61 Å². The van der Waals surface area contributed by atoms with Crippen molar-refractivity contribution < 1.29 is 9.90 Å². The predicted octanol–water partition coefficient (Wildman–Crippen LogP) is 2.65. The van der Waals surface area contributed by atoms with E-state index >= 15 is 0 Å². The molecule has 0 saturated carbocycles. The van der Waals surface area contributed by atoms with Crippen molar-refractivity contribution in [2.45, 2.75) is 46.1 Å². The van der Waals surface area contributed by atoms with Gasteiger partial charge >= 0.3 is 0 Å². The number of hydrogen-bond acceptors (Lipinski definition) is 2. The maximum Gasteiger partial charge on any atom is 0.251 e. The van der Waals surface area contributed by atoms with Gasteiger partial charge in [0.2, 0.25) is 0 Å². The zero-order chi connectivity index (χ0) is 15.2. The number of aryl methyl sites for hydroxylation is 1. The summed E-state index contributed by atoms with van der Waals surface area (Å²) in [5.74, 6) is 5.43. The molecule has 0 saturated heterocycles. The van der Waals surface area contributed by atoms with Crippen molar-refractivity contribution in [3.63, 3.8) is 0 Å². The fraction of sp³-hybridized carbons (Fsp3) is 0.471. The Hall–Kier alpha value is -1.79. The summed E-state index contributed by atoms with van der Waals surface area (Å²) in [6, 6.07) is 5.43. The van der Waals surface area contributed by atoms with Crippen LogP contribution in [0, 0.1) is 18.8 Å². The molecule has 0 atom stereocenters. The molecule has 108 valence electrons. The number of aliphatic hydroxyl groups is 1. The molecular formula is C17H23NO2. The first-order valence-electron chi connectivity index (χ1n) is 6.98. The zero-order valence-corrected chi connectivity index (χ0v) is 12.7. The maximum atomic E-state index is 12.3. The number of benzene rings is 1. The van der Waals surface area contributed by atoms with Gasteiger partial charge in [-0.15, -0.1) is 0 Å². The molecule has 1 aromatic rings. The summed E-state index contributed by atoms with van der Waals surface area (Å²) >= 11 is 0. The van der Waals surface area contributed by atoms with Gasteiger partial charge in [0.15, 0.2) is 0 Å². The lowest BCUT2D eigenvalue weighted by atomic mass is 9.94. The third-order valence-electron chi connectivity index (χ3n) is 3.77. The molecule has 20 heavy (non-hydrogen) atoms. The van der Waals surface area contributed by atoms with Gasteiger partial charge in [0, 0.05) is 16.7 Å². The van der Waals surface area contributed by atoms with E-state index in [1.54, 1.807) is 6.07 Å². The second-order valence-corrected chi connectivity index (χ2v) is 5.21. The Morgan fingerprint density at radius 3 is 2.50 bits per heavy atom. The minimum absolute atomic E-state index is 0.0547. The highest BCUT2D eigenvalue weighted by molar-refractivity contribution is 5.95. The lowest BCUT2D eigenvalue weighted by Crippen LogP contribution is -2.44. The number of rotatable bonds is 4. The Labute approximate surface area is 121 Å². The van der Waals surface area contributed by atoms with E-state index in [0.29, 0.717) is 5.56 Å². The number of amides is 1. The normalized spacial score (nSPS) is 10.7. The topological polar surface area (TPSA) is 49.3 Å². The van der Waals surface area contributed by atoms with E-state index in [2.05, 4.69) is 37.9 Å². The van der Waals surface area contributed by atoms with Crippen LogP contribution >= 0.6 is 0 Å². The highest BCUT2D eigenvalue weighted by Gasteiger charge is 2.22. The quantitative estimate of drug-likeness (QED) is 0.829. The van der Waals surface area contributed by atoms with Crippen molar-refractivity contribution in [2.24, 2.45) is 0 Å². The molecule has 0 aromatic heterocycles. The standard InChI is InChI=1S/C17H23NO2/c1-5-17(4,6-2)18-16(20)15-10-9-14(8-7-11-19)13(3)12-15/h9-10,12,19H,5-6,11H2,1-4H3,(H,18,20). The molecule has 0 spiro atoms. The second-order valence-electron chi connectivity index (χ2n) is 5.21. The van der Waals surface area contributed by atoms with Gasteiger partial charge < -0.3 is 10.4 Å². The molecule has 0 aliphatic carbocycles. The van der Waals surface area contributed by atoms with E-state index < -0.39 is 0 Å². The van der Waals surface area contributed by atoms with Crippen molar-refractivity contribution in [1.82, 2.24) is 5.32 Å². The van der Waals surface area contributed by atoms with Crippen molar-refractivity contribution in [3.8, 4) is 11.8 Å². The summed E-state index contributed by atoms with van der Waals surface area (Å²) < 4.78 is 0. The minimum atomic E-state index is -0.166. The van der Waals surface area contributed by atoms with Gasteiger partial charge in [0.1, 0.15) is 6.61 Å². The van der Waals surface area contributed by atoms with Crippen LogP contribution in [0.3, 0.4) is 0 Å². The summed E-state index contributed by atoms with van der Waals surface area (Å²) in [7, 11) is 0. The molecule has 1 amide bonds. The van der Waals surface area contributed by atoms with Gasteiger partial charge in [-0.25, -0.2) is 0 Å². The molecule has 1 aromatic carbocycles. The lowest BCUT2D eigenvalue weighted by molar-refractivity contribution is 0.0901. The number of hydrogen-bond donors (Lipinski definition) is 2. The van der Waals surface area contributed by atoms with Crippen LogP contribution in [0.25, 0.3) is 0 Å². The predicted molar refractivity (Wildman–Crippen MR) is 81.6 cm³/mol. The van der Waals surface area contributed by atoms with Crippen molar-refractivity contribution >= 4 is 5.91 Å². The molecule has 0 bridgehead atoms. The molecular weight excluding hydrogens is 250 g/mol. The molecule has 0 aliphatic heterocycles. The summed E-state index contributed by atoms with van der Waals surface area (Å²) in [6.07, 6.45) is 1.79. The molecule has 0 radical (unpaired) electrons. The first-order chi connectivity index (χ1) is 9.45. The third-order valence-corrected chi connectivity index (χ3v) is 3.77. The van der Waals surface area contributed by atoms with Crippen molar-refractivity contribution in [1.29, 1.82) is 0 Å². The van der Waals surface area contributed by atoms with Crippen LogP contribution in [0.1, 0.15) is 55.1 Å². The molecule has 0 aliphatic rings. The summed E-state index contributed by atoms with van der Waals surface area (Å²) in [4.78, 5) is 12.3. The van der Waals surface area contributed by atoms with Gasteiger partial charge in [-0.1, -0.05) is 25.7 Å². The Kier molecular flexibility index (Phi) is 5.79. The lowest BCUT2D eigenvalue weighted by Gasteiger charge is -2.28. The first-order valence-corrected chi connectivity index (χ1v) is 6.98. The van der Waals surface area contributed by atoms with Gasteiger partial charge in [-0.3, -0.25) is 4.79 Å². The average Bonchev–Trinajstić information content (AvgIpc) is 2.45. The summed E-state index contributed by atoms with van der Waals surface area (Å²) in [5, 5.41) is 11.8. The highest BCUT2D eigenvalue weighted by atomic mass is 16.2. The van der Waals surface area contributed by atoms with E-state index in [1.807, 2.05) is 19.1 Å². The van der Waals surface area contributed by atoms with Gasteiger partial charge in [0.25, 0.3) is 5.91 Å². The SMILES string of the molecule is CCC(C)(CC)NC(=O)c1ccc(C#CCO)c(C)c1. The highest BCUT2D eigenvalue weighted by Crippen LogP contribution is 2.16. The maximum absolute atomic E-state index is 12.3. The van der Waals surface area contributed by atoms with Gasteiger partial charge in [-0.2, -0.15) is 0 Å². The number of nitrogens with one attached hydrogen (secondary N) is 1. The number of carbonyl (C=O) groups is 1. The molecule has 0 unspecified atom stereocenters. The van der Waals surface area contributed by atoms with E-state index in [-0.39, 0.29) is 18.1 Å². The molecule has 2 N–H and O–H groups in total. The van der Waals surface area contributed by atoms with E-state index in [9.17, 15) is 4.79 Å². The Morgan fingerprint density at radius 1 is 1.35 bits per heavy atom. The molecule has 0 fully saturated rings. The van der Waals surface area contributed by atoms with Crippen LogP contribution in [0.4, 0.5) is 0 Å². The Balaban J connectivity index is 2.93. The van der Waals surface area contributed by atoms with E-state index in [0.717, 1.165) is 24.0 Å². The van der Waals surface area contributed by atoms with Crippen LogP contribution in [0.15, 0.2) is 18.2 Å². The Bertz CT molecular complexity index is 534. The molecule has 3 heteroatoms. The number of carbonyl (C=O) groups excluding carboxylic acids is 1. The zero-order valence-electron chi connectivity index (χ0n) is 12.7. The van der Waals surface area contributed by atoms with Crippen LogP contribution in [0.5, 0.6) is 0 Å². The fourth-order valence-corrected chi connectivity index (χ4v) is 1.85. The smallest absolute Gasteiger partial charge is 0.251 e. The van der Waals surface area contributed by atoms with Crippen LogP contribution in [-0.4, -0.2) is 23.2 Å². The van der Waals surface area contributed by atoms with Crippen molar-refractivity contribution in [3.05, 3.63) is 34.9 Å². The summed E-state index contributed by atoms with van der Waals surface area (Å²) in [6.45, 7) is 7.95. The monoisotopic (exact) mass is 273 g/mol. The van der Waals surface area contributed by atoms with Crippen LogP contribution in [-0.2, 0) is 0 Å². The molecule has 0 heterocycles. The van der Waals surface area contributed by atoms with Gasteiger partial charge in [-0.05, 0) is 50.5 Å². The second kappa shape index (κ2) is 7.12. The van der Waals surface area contributed by atoms with E-state index in [4.69, 9.17) is 5.11 Å². The molecule has 1 rings (SSSR count). The average molecular weight is 273 g/mol.